The quantitative estimate of drug-likeness (QED) is 0.460. The fourth-order valence-electron chi connectivity index (χ4n) is 4.06. The second-order valence-corrected chi connectivity index (χ2v) is 9.73. The molecule has 3 rings (SSSR count). The Morgan fingerprint density at radius 1 is 1.22 bits per heavy atom. The van der Waals surface area contributed by atoms with Crippen LogP contribution in [0.2, 0.25) is 0 Å². The highest BCUT2D eigenvalue weighted by atomic mass is 32.2. The summed E-state index contributed by atoms with van der Waals surface area (Å²) in [6, 6.07) is 7.63. The molecule has 32 heavy (non-hydrogen) atoms. The first-order valence-corrected chi connectivity index (χ1v) is 12.7. The average Bonchev–Trinajstić information content (AvgIpc) is 3.17. The van der Waals surface area contributed by atoms with Gasteiger partial charge in [-0.25, -0.2) is 0 Å². The van der Waals surface area contributed by atoms with E-state index in [4.69, 9.17) is 0 Å². The number of rotatable bonds is 9. The maximum Gasteiger partial charge on any atom is 0.253 e. The van der Waals surface area contributed by atoms with Gasteiger partial charge in [-0.1, -0.05) is 43.3 Å². The number of carbonyl (C=O) groups excluding carboxylic acids is 2. The standard InChI is InChI=1S/C24H35N5O2S/c1-17(2)15-29-21(26-27-24(29)32-4)8-5-13-25-22(30)20-7-6-14-28(16-20)23(31)19-11-9-18(3)10-12-19/h9-12,17,20H,5-8,13-16H2,1-4H3,(H,25,30). The van der Waals surface area contributed by atoms with Gasteiger partial charge in [0.1, 0.15) is 5.82 Å². The van der Waals surface area contributed by atoms with Gasteiger partial charge in [-0.3, -0.25) is 9.59 Å². The molecule has 8 heteroatoms. The van der Waals surface area contributed by atoms with Crippen LogP contribution in [-0.4, -0.2) is 57.4 Å². The van der Waals surface area contributed by atoms with Crippen LogP contribution in [0.5, 0.6) is 0 Å². The van der Waals surface area contributed by atoms with E-state index in [9.17, 15) is 9.59 Å². The van der Waals surface area contributed by atoms with Crippen molar-refractivity contribution >= 4 is 23.6 Å². The Morgan fingerprint density at radius 2 is 1.97 bits per heavy atom. The Hall–Kier alpha value is -2.35. The molecule has 0 radical (unpaired) electrons. The number of aromatic nitrogens is 3. The molecule has 1 aromatic carbocycles. The number of aryl methyl sites for hydroxylation is 2. The van der Waals surface area contributed by atoms with Gasteiger partial charge in [0.25, 0.3) is 5.91 Å². The van der Waals surface area contributed by atoms with Crippen molar-refractivity contribution in [3.63, 3.8) is 0 Å². The van der Waals surface area contributed by atoms with E-state index >= 15 is 0 Å². The number of likely N-dealkylation sites (tertiary alicyclic amines) is 1. The van der Waals surface area contributed by atoms with E-state index in [2.05, 4.69) is 33.9 Å². The molecule has 1 aromatic heterocycles. The third-order valence-corrected chi connectivity index (χ3v) is 6.45. The van der Waals surface area contributed by atoms with E-state index < -0.39 is 0 Å². The molecular formula is C24H35N5O2S. The topological polar surface area (TPSA) is 80.1 Å². The third kappa shape index (κ3) is 6.34. The van der Waals surface area contributed by atoms with Gasteiger partial charge in [0.2, 0.25) is 5.91 Å². The third-order valence-electron chi connectivity index (χ3n) is 5.78. The summed E-state index contributed by atoms with van der Waals surface area (Å²) in [6.07, 6.45) is 5.29. The summed E-state index contributed by atoms with van der Waals surface area (Å²) in [5, 5.41) is 12.6. The van der Waals surface area contributed by atoms with E-state index in [1.165, 1.54) is 0 Å². The molecule has 1 aliphatic rings. The van der Waals surface area contributed by atoms with Gasteiger partial charge in [-0.15, -0.1) is 10.2 Å². The Bertz CT molecular complexity index is 910. The summed E-state index contributed by atoms with van der Waals surface area (Å²) in [7, 11) is 0. The second-order valence-electron chi connectivity index (χ2n) is 8.96. The second kappa shape index (κ2) is 11.5. The smallest absolute Gasteiger partial charge is 0.253 e. The first-order chi connectivity index (χ1) is 15.4. The molecule has 0 spiro atoms. The van der Waals surface area contributed by atoms with Crippen LogP contribution in [-0.2, 0) is 17.8 Å². The molecule has 2 aromatic rings. The predicted octanol–water partition coefficient (Wildman–Crippen LogP) is 3.57. The van der Waals surface area contributed by atoms with Crippen LogP contribution >= 0.6 is 11.8 Å². The first-order valence-electron chi connectivity index (χ1n) is 11.5. The fourth-order valence-corrected chi connectivity index (χ4v) is 4.58. The molecule has 1 aliphatic heterocycles. The zero-order valence-corrected chi connectivity index (χ0v) is 20.5. The Labute approximate surface area is 195 Å². The molecule has 7 nitrogen and oxygen atoms in total. The van der Waals surface area contributed by atoms with E-state index in [1.807, 2.05) is 42.3 Å². The number of amides is 2. The number of hydrogen-bond acceptors (Lipinski definition) is 5. The number of hydrogen-bond donors (Lipinski definition) is 1. The van der Waals surface area contributed by atoms with Gasteiger partial charge in [0.05, 0.1) is 5.92 Å². The molecule has 0 aliphatic carbocycles. The normalized spacial score (nSPS) is 16.4. The molecule has 1 atom stereocenters. The number of nitrogens with zero attached hydrogens (tertiary/aromatic N) is 4. The Kier molecular flexibility index (Phi) is 8.73. The van der Waals surface area contributed by atoms with Crippen LogP contribution in [0.3, 0.4) is 0 Å². The molecule has 0 bridgehead atoms. The largest absolute Gasteiger partial charge is 0.356 e. The lowest BCUT2D eigenvalue weighted by Crippen LogP contribution is -2.45. The molecular weight excluding hydrogens is 422 g/mol. The lowest BCUT2D eigenvalue weighted by atomic mass is 9.96. The highest BCUT2D eigenvalue weighted by molar-refractivity contribution is 7.98. The molecule has 2 amide bonds. The maximum absolute atomic E-state index is 12.8. The van der Waals surface area contributed by atoms with Crippen molar-refractivity contribution in [2.24, 2.45) is 11.8 Å². The predicted molar refractivity (Wildman–Crippen MR) is 128 cm³/mol. The summed E-state index contributed by atoms with van der Waals surface area (Å²) in [4.78, 5) is 27.4. The summed E-state index contributed by atoms with van der Waals surface area (Å²) in [6.45, 7) is 9.07. The average molecular weight is 458 g/mol. The summed E-state index contributed by atoms with van der Waals surface area (Å²) < 4.78 is 2.19. The Morgan fingerprint density at radius 3 is 2.66 bits per heavy atom. The minimum atomic E-state index is -0.147. The van der Waals surface area contributed by atoms with Crippen molar-refractivity contribution in [1.29, 1.82) is 0 Å². The summed E-state index contributed by atoms with van der Waals surface area (Å²) in [5.41, 5.74) is 1.82. The molecule has 1 saturated heterocycles. The van der Waals surface area contributed by atoms with E-state index in [0.29, 0.717) is 31.1 Å². The van der Waals surface area contributed by atoms with Gasteiger partial charge < -0.3 is 14.8 Å². The zero-order valence-electron chi connectivity index (χ0n) is 19.6. The zero-order chi connectivity index (χ0) is 23.1. The van der Waals surface area contributed by atoms with Gasteiger partial charge in [-0.05, 0) is 50.5 Å². The number of thioether (sulfide) groups is 1. The van der Waals surface area contributed by atoms with Gasteiger partial charge in [-0.2, -0.15) is 0 Å². The molecule has 0 saturated carbocycles. The van der Waals surface area contributed by atoms with Crippen LogP contribution in [0.25, 0.3) is 0 Å². The van der Waals surface area contributed by atoms with Crippen LogP contribution in [0.15, 0.2) is 29.4 Å². The van der Waals surface area contributed by atoms with Crippen molar-refractivity contribution in [2.45, 2.75) is 58.2 Å². The highest BCUT2D eigenvalue weighted by Gasteiger charge is 2.28. The molecule has 1 N–H and O–H groups in total. The number of carbonyl (C=O) groups is 2. The van der Waals surface area contributed by atoms with Crippen molar-refractivity contribution in [2.75, 3.05) is 25.9 Å². The first kappa shape index (κ1) is 24.3. The minimum Gasteiger partial charge on any atom is -0.356 e. The van der Waals surface area contributed by atoms with Crippen LogP contribution in [0.4, 0.5) is 0 Å². The van der Waals surface area contributed by atoms with E-state index in [-0.39, 0.29) is 17.7 Å². The van der Waals surface area contributed by atoms with E-state index in [0.717, 1.165) is 48.8 Å². The lowest BCUT2D eigenvalue weighted by molar-refractivity contribution is -0.126. The molecule has 174 valence electrons. The van der Waals surface area contributed by atoms with Gasteiger partial charge in [0.15, 0.2) is 5.16 Å². The van der Waals surface area contributed by atoms with Crippen molar-refractivity contribution in [1.82, 2.24) is 25.0 Å². The van der Waals surface area contributed by atoms with Gasteiger partial charge in [0, 0.05) is 38.2 Å². The van der Waals surface area contributed by atoms with Crippen molar-refractivity contribution in [3.05, 3.63) is 41.2 Å². The molecule has 2 heterocycles. The van der Waals surface area contributed by atoms with E-state index in [1.54, 1.807) is 11.8 Å². The SMILES string of the molecule is CSc1nnc(CCCNC(=O)C2CCCN(C(=O)c3ccc(C)cc3)C2)n1CC(C)C. The number of piperidine rings is 1. The molecule has 1 unspecified atom stereocenters. The van der Waals surface area contributed by atoms with Crippen LogP contribution < -0.4 is 5.32 Å². The summed E-state index contributed by atoms with van der Waals surface area (Å²) >= 11 is 1.61. The number of nitrogens with one attached hydrogen (secondary N) is 1. The maximum atomic E-state index is 12.8. The van der Waals surface area contributed by atoms with Crippen LogP contribution in [0, 0.1) is 18.8 Å². The Balaban J connectivity index is 1.47. The fraction of sp³-hybridized carbons (Fsp3) is 0.583. The highest BCUT2D eigenvalue weighted by Crippen LogP contribution is 2.20. The monoisotopic (exact) mass is 457 g/mol. The minimum absolute atomic E-state index is 0.0107. The van der Waals surface area contributed by atoms with Crippen molar-refractivity contribution in [3.8, 4) is 0 Å². The number of benzene rings is 1. The van der Waals surface area contributed by atoms with Gasteiger partial charge >= 0.3 is 0 Å². The molecule has 1 fully saturated rings. The van der Waals surface area contributed by atoms with Crippen molar-refractivity contribution < 1.29 is 9.59 Å². The van der Waals surface area contributed by atoms with Crippen LogP contribution in [0.1, 0.15) is 54.9 Å². The lowest BCUT2D eigenvalue weighted by Gasteiger charge is -2.32. The summed E-state index contributed by atoms with van der Waals surface area (Å²) in [5.74, 6) is 1.40.